The SMILES string of the molecule is C[C@@H]1CC[C@@]2(C[C@@H]3[C@@H](O2)[C@@H](O)[C@H]2[C@@H]4CC[C@H]5C[C@@H](O)CC[C@]5(C)[C@H]4CC[C@@]23C)OC1. The maximum absolute atomic E-state index is 11.7. The summed E-state index contributed by atoms with van der Waals surface area (Å²) in [6.45, 7) is 8.06. The van der Waals surface area contributed by atoms with Crippen LogP contribution < -0.4 is 0 Å². The molecule has 170 valence electrons. The second kappa shape index (κ2) is 6.68. The van der Waals surface area contributed by atoms with Gasteiger partial charge in [-0.3, -0.25) is 0 Å². The first-order valence-electron chi connectivity index (χ1n) is 12.9. The van der Waals surface area contributed by atoms with E-state index in [-0.39, 0.29) is 23.7 Å². The van der Waals surface area contributed by atoms with Crippen LogP contribution >= 0.6 is 0 Å². The topological polar surface area (TPSA) is 58.9 Å². The van der Waals surface area contributed by atoms with E-state index in [1.807, 2.05) is 0 Å². The molecule has 0 aromatic rings. The van der Waals surface area contributed by atoms with Crippen LogP contribution in [0.3, 0.4) is 0 Å². The summed E-state index contributed by atoms with van der Waals surface area (Å²) in [5.74, 6) is 3.00. The van der Waals surface area contributed by atoms with E-state index in [0.29, 0.717) is 40.9 Å². The number of hydrogen-bond acceptors (Lipinski definition) is 4. The fraction of sp³-hybridized carbons (Fsp3) is 1.00. The Morgan fingerprint density at radius 2 is 1.67 bits per heavy atom. The Morgan fingerprint density at radius 3 is 2.43 bits per heavy atom. The summed E-state index contributed by atoms with van der Waals surface area (Å²) >= 11 is 0. The lowest BCUT2D eigenvalue weighted by Crippen LogP contribution is -2.56. The maximum atomic E-state index is 11.7. The van der Waals surface area contributed by atoms with Crippen LogP contribution in [0, 0.1) is 46.3 Å². The van der Waals surface area contributed by atoms with Crippen LogP contribution in [0.2, 0.25) is 0 Å². The zero-order valence-electron chi connectivity index (χ0n) is 19.2. The molecule has 0 radical (unpaired) electrons. The van der Waals surface area contributed by atoms with Gasteiger partial charge in [0, 0.05) is 12.8 Å². The average Bonchev–Trinajstić information content (AvgIpc) is 3.19. The summed E-state index contributed by atoms with van der Waals surface area (Å²) < 4.78 is 12.9. The molecular formula is C26H42O4. The third-order valence-corrected chi connectivity index (χ3v) is 11.4. The van der Waals surface area contributed by atoms with Crippen LogP contribution in [-0.2, 0) is 9.47 Å². The summed E-state index contributed by atoms with van der Waals surface area (Å²) in [4.78, 5) is 0. The largest absolute Gasteiger partial charge is 0.393 e. The lowest BCUT2D eigenvalue weighted by Gasteiger charge is -2.61. The zero-order valence-corrected chi connectivity index (χ0v) is 19.2. The molecular weight excluding hydrogens is 376 g/mol. The van der Waals surface area contributed by atoms with E-state index in [2.05, 4.69) is 20.8 Å². The van der Waals surface area contributed by atoms with Crippen molar-refractivity contribution in [1.29, 1.82) is 0 Å². The number of fused-ring (bicyclic) bond motifs is 7. The number of aliphatic hydroxyl groups excluding tert-OH is 2. The van der Waals surface area contributed by atoms with E-state index in [4.69, 9.17) is 9.47 Å². The summed E-state index contributed by atoms with van der Waals surface area (Å²) in [5, 5.41) is 21.9. The molecule has 0 unspecified atom stereocenters. The smallest absolute Gasteiger partial charge is 0.169 e. The molecule has 6 aliphatic rings. The Morgan fingerprint density at radius 1 is 0.867 bits per heavy atom. The molecule has 1 spiro atoms. The van der Waals surface area contributed by atoms with Crippen molar-refractivity contribution < 1.29 is 19.7 Å². The van der Waals surface area contributed by atoms with Crippen molar-refractivity contribution in [1.82, 2.24) is 0 Å². The fourth-order valence-corrected chi connectivity index (χ4v) is 9.71. The summed E-state index contributed by atoms with van der Waals surface area (Å²) in [5.41, 5.74) is 0.532. The molecule has 2 heterocycles. The molecule has 4 heteroatoms. The van der Waals surface area contributed by atoms with Crippen LogP contribution in [0.5, 0.6) is 0 Å². The van der Waals surface area contributed by atoms with Crippen molar-refractivity contribution in [2.75, 3.05) is 6.61 Å². The molecule has 2 aliphatic heterocycles. The third kappa shape index (κ3) is 2.66. The zero-order chi connectivity index (χ0) is 20.9. The van der Waals surface area contributed by atoms with Crippen molar-refractivity contribution in [2.24, 2.45) is 46.3 Å². The van der Waals surface area contributed by atoms with Crippen molar-refractivity contribution in [3.8, 4) is 0 Å². The van der Waals surface area contributed by atoms with E-state index >= 15 is 0 Å². The van der Waals surface area contributed by atoms with Gasteiger partial charge in [-0.25, -0.2) is 0 Å². The van der Waals surface area contributed by atoms with Crippen molar-refractivity contribution in [2.45, 2.75) is 109 Å². The van der Waals surface area contributed by atoms with Gasteiger partial charge in [-0.1, -0.05) is 20.8 Å². The molecule has 0 amide bonds. The van der Waals surface area contributed by atoms with E-state index in [9.17, 15) is 10.2 Å². The van der Waals surface area contributed by atoms with Crippen molar-refractivity contribution in [3.63, 3.8) is 0 Å². The van der Waals surface area contributed by atoms with Gasteiger partial charge in [0.15, 0.2) is 5.79 Å². The highest BCUT2D eigenvalue weighted by molar-refractivity contribution is 5.17. The fourth-order valence-electron chi connectivity index (χ4n) is 9.71. The lowest BCUT2D eigenvalue weighted by atomic mass is 9.44. The standard InChI is InChI=1S/C26H42O4/c1-15-6-11-26(29-14-15)13-20-23(30-26)22(28)21-18-5-4-16-12-17(27)7-9-24(16,2)19(18)8-10-25(20,21)3/h15-23,27-28H,4-14H2,1-3H3/t15-,16+,17+,18-,19+,20-,21-,22+,23-,24+,25-,26-/m1/s1. The molecule has 0 bridgehead atoms. The minimum atomic E-state index is -0.420. The Bertz CT molecular complexity index is 687. The second-order valence-corrected chi connectivity index (χ2v) is 12.8. The van der Waals surface area contributed by atoms with E-state index in [0.717, 1.165) is 38.7 Å². The Labute approximate surface area is 182 Å². The van der Waals surface area contributed by atoms with Crippen LogP contribution in [0.15, 0.2) is 0 Å². The number of rotatable bonds is 0. The first kappa shape index (κ1) is 20.4. The van der Waals surface area contributed by atoms with Crippen molar-refractivity contribution in [3.05, 3.63) is 0 Å². The third-order valence-electron chi connectivity index (χ3n) is 11.4. The van der Waals surface area contributed by atoms with Gasteiger partial charge in [-0.05, 0) is 97.7 Å². The first-order valence-corrected chi connectivity index (χ1v) is 12.9. The van der Waals surface area contributed by atoms with E-state index in [1.54, 1.807) is 0 Å². The molecule has 2 N–H and O–H groups in total. The summed E-state index contributed by atoms with van der Waals surface area (Å²) in [6, 6.07) is 0. The number of hydrogen-bond donors (Lipinski definition) is 2. The molecule has 30 heavy (non-hydrogen) atoms. The number of ether oxygens (including phenoxy) is 2. The lowest BCUT2D eigenvalue weighted by molar-refractivity contribution is -0.267. The van der Waals surface area contributed by atoms with Crippen molar-refractivity contribution >= 4 is 0 Å². The monoisotopic (exact) mass is 418 g/mol. The highest BCUT2D eigenvalue weighted by Crippen LogP contribution is 2.70. The highest BCUT2D eigenvalue weighted by atomic mass is 16.7. The van der Waals surface area contributed by atoms with E-state index in [1.165, 1.54) is 32.1 Å². The quantitative estimate of drug-likeness (QED) is 0.607. The molecule has 4 aliphatic carbocycles. The first-order chi connectivity index (χ1) is 14.3. The Hall–Kier alpha value is -0.160. The van der Waals surface area contributed by atoms with Crippen LogP contribution in [0.1, 0.15) is 85.0 Å². The molecule has 2 saturated heterocycles. The van der Waals surface area contributed by atoms with Crippen LogP contribution in [0.25, 0.3) is 0 Å². The van der Waals surface area contributed by atoms with E-state index < -0.39 is 5.79 Å². The molecule has 4 nitrogen and oxygen atoms in total. The molecule has 6 fully saturated rings. The molecule has 4 saturated carbocycles. The minimum Gasteiger partial charge on any atom is -0.393 e. The van der Waals surface area contributed by atoms with Gasteiger partial charge in [0.25, 0.3) is 0 Å². The molecule has 0 aromatic carbocycles. The normalized spacial score (nSPS) is 62.5. The van der Waals surface area contributed by atoms with Gasteiger partial charge in [0.05, 0.1) is 24.9 Å². The van der Waals surface area contributed by atoms with Gasteiger partial charge in [0.1, 0.15) is 0 Å². The van der Waals surface area contributed by atoms with Crippen LogP contribution in [0.4, 0.5) is 0 Å². The van der Waals surface area contributed by atoms with Crippen LogP contribution in [-0.4, -0.2) is 40.9 Å². The van der Waals surface area contributed by atoms with Gasteiger partial charge < -0.3 is 19.7 Å². The van der Waals surface area contributed by atoms with Gasteiger partial charge >= 0.3 is 0 Å². The predicted octanol–water partition coefficient (Wildman–Crippen LogP) is 4.52. The second-order valence-electron chi connectivity index (χ2n) is 12.8. The molecule has 0 aromatic heterocycles. The Balaban J connectivity index is 1.27. The van der Waals surface area contributed by atoms with Gasteiger partial charge in [0.2, 0.25) is 0 Å². The Kier molecular flexibility index (Phi) is 4.55. The minimum absolute atomic E-state index is 0.0362. The average molecular weight is 419 g/mol. The van der Waals surface area contributed by atoms with Gasteiger partial charge in [-0.15, -0.1) is 0 Å². The summed E-state index contributed by atoms with van der Waals surface area (Å²) in [7, 11) is 0. The van der Waals surface area contributed by atoms with Gasteiger partial charge in [-0.2, -0.15) is 0 Å². The summed E-state index contributed by atoms with van der Waals surface area (Å²) in [6.07, 6.45) is 10.8. The molecule has 12 atom stereocenters. The predicted molar refractivity (Wildman–Crippen MR) is 115 cm³/mol. The highest BCUT2D eigenvalue weighted by Gasteiger charge is 2.70. The maximum Gasteiger partial charge on any atom is 0.169 e. The molecule has 6 rings (SSSR count). The number of aliphatic hydroxyl groups is 2.